The SMILES string of the molecule is CCc1cc(Br)c(C(F)(F)F)cc1C(=O)N=C(N)N.CCc1cc(Br)c(C(F)(F)F)cc1C(=O)OC. The summed E-state index contributed by atoms with van der Waals surface area (Å²) in [5, 5.41) is 0. The summed E-state index contributed by atoms with van der Waals surface area (Å²) in [5.74, 6) is -2.15. The predicted octanol–water partition coefficient (Wildman–Crippen LogP) is 6.26. The molecule has 0 fully saturated rings. The molecule has 0 radical (unpaired) electrons. The van der Waals surface area contributed by atoms with Crippen molar-refractivity contribution in [2.75, 3.05) is 7.11 Å². The van der Waals surface area contributed by atoms with Gasteiger partial charge in [-0.15, -0.1) is 0 Å². The van der Waals surface area contributed by atoms with Gasteiger partial charge in [0.25, 0.3) is 5.91 Å². The lowest BCUT2D eigenvalue weighted by molar-refractivity contribution is -0.139. The van der Waals surface area contributed by atoms with Gasteiger partial charge in [-0.05, 0) is 48.2 Å². The van der Waals surface area contributed by atoms with Crippen LogP contribution < -0.4 is 11.5 Å². The molecule has 0 spiro atoms. The molecule has 2 rings (SSSR count). The Morgan fingerprint density at radius 3 is 1.56 bits per heavy atom. The summed E-state index contributed by atoms with van der Waals surface area (Å²) >= 11 is 5.70. The summed E-state index contributed by atoms with van der Waals surface area (Å²) in [6, 6.07) is 4.11. The van der Waals surface area contributed by atoms with Gasteiger partial charge in [0.1, 0.15) is 0 Å². The Balaban J connectivity index is 0.000000362. The molecular formula is C22H21Br2F6N3O3. The molecule has 0 aliphatic heterocycles. The van der Waals surface area contributed by atoms with Crippen LogP contribution in [0.5, 0.6) is 0 Å². The molecule has 2 aromatic rings. The van der Waals surface area contributed by atoms with Crippen molar-refractivity contribution in [2.24, 2.45) is 16.5 Å². The highest BCUT2D eigenvalue weighted by molar-refractivity contribution is 9.10. The number of carbonyl (C=O) groups is 2. The standard InChI is InChI=1S/C11H11BrF3N3O.C11H10BrF3O2/c1-2-5-3-8(12)7(11(13,14)15)4-6(5)9(19)18-10(16)17;1-3-6-4-9(12)8(11(13,14)15)5-7(6)10(16)17-2/h3-4H,2H2,1H3,(H4,16,17,18,19);4-5H,3H2,1-2H3. The number of nitrogens with two attached hydrogens (primary N) is 2. The number of alkyl halides is 6. The highest BCUT2D eigenvalue weighted by Gasteiger charge is 2.35. The summed E-state index contributed by atoms with van der Waals surface area (Å²) in [5.41, 5.74) is 9.00. The Bertz CT molecular complexity index is 1160. The van der Waals surface area contributed by atoms with Gasteiger partial charge in [-0.25, -0.2) is 4.79 Å². The predicted molar refractivity (Wildman–Crippen MR) is 129 cm³/mol. The lowest BCUT2D eigenvalue weighted by Crippen LogP contribution is -2.24. The number of halogens is 8. The second-order valence-corrected chi connectivity index (χ2v) is 8.72. The fourth-order valence-corrected chi connectivity index (χ4v) is 4.16. The van der Waals surface area contributed by atoms with Crippen LogP contribution >= 0.6 is 31.9 Å². The van der Waals surface area contributed by atoms with Crippen molar-refractivity contribution in [2.45, 2.75) is 39.0 Å². The molecule has 0 atom stereocenters. The average molecular weight is 649 g/mol. The molecule has 0 unspecified atom stereocenters. The minimum atomic E-state index is -4.57. The van der Waals surface area contributed by atoms with E-state index in [0.29, 0.717) is 24.0 Å². The number of aryl methyl sites for hydroxylation is 2. The summed E-state index contributed by atoms with van der Waals surface area (Å²) in [6.45, 7) is 3.46. The molecule has 4 N–H and O–H groups in total. The fraction of sp³-hybridized carbons (Fsp3) is 0.318. The van der Waals surface area contributed by atoms with E-state index in [9.17, 15) is 35.9 Å². The van der Waals surface area contributed by atoms with Gasteiger partial charge in [0.05, 0.1) is 23.8 Å². The molecule has 198 valence electrons. The van der Waals surface area contributed by atoms with Crippen molar-refractivity contribution in [3.63, 3.8) is 0 Å². The van der Waals surface area contributed by atoms with Gasteiger partial charge in [0.2, 0.25) is 0 Å². The van der Waals surface area contributed by atoms with Crippen molar-refractivity contribution in [3.8, 4) is 0 Å². The highest BCUT2D eigenvalue weighted by atomic mass is 79.9. The topological polar surface area (TPSA) is 108 Å². The molecule has 36 heavy (non-hydrogen) atoms. The van der Waals surface area contributed by atoms with E-state index in [1.54, 1.807) is 13.8 Å². The Morgan fingerprint density at radius 2 is 1.22 bits per heavy atom. The first-order chi connectivity index (χ1) is 16.5. The summed E-state index contributed by atoms with van der Waals surface area (Å²) in [6.07, 6.45) is -8.26. The number of rotatable bonds is 4. The molecule has 0 saturated heterocycles. The third-order valence-corrected chi connectivity index (χ3v) is 5.94. The third kappa shape index (κ3) is 8.22. The smallest absolute Gasteiger partial charge is 0.417 e. The molecule has 1 amide bonds. The van der Waals surface area contributed by atoms with Crippen molar-refractivity contribution in [1.29, 1.82) is 0 Å². The number of ether oxygens (including phenoxy) is 1. The van der Waals surface area contributed by atoms with E-state index in [4.69, 9.17) is 11.5 Å². The van der Waals surface area contributed by atoms with Gasteiger partial charge < -0.3 is 16.2 Å². The van der Waals surface area contributed by atoms with Crippen LogP contribution in [0.2, 0.25) is 0 Å². The van der Waals surface area contributed by atoms with Crippen molar-refractivity contribution in [1.82, 2.24) is 0 Å². The van der Waals surface area contributed by atoms with E-state index in [-0.39, 0.29) is 20.1 Å². The maximum absolute atomic E-state index is 12.8. The minimum absolute atomic E-state index is 0.0504. The second kappa shape index (κ2) is 12.6. The largest absolute Gasteiger partial charge is 0.465 e. The Kier molecular flexibility index (Phi) is 11.0. The van der Waals surface area contributed by atoms with E-state index in [1.807, 2.05) is 0 Å². The number of nitrogens with zero attached hydrogens (tertiary/aromatic N) is 1. The van der Waals surface area contributed by atoms with Gasteiger partial charge >= 0.3 is 18.3 Å². The molecular weight excluding hydrogens is 628 g/mol. The third-order valence-electron chi connectivity index (χ3n) is 4.62. The lowest BCUT2D eigenvalue weighted by Gasteiger charge is -2.13. The number of hydrogen-bond donors (Lipinski definition) is 2. The number of guanidine groups is 1. The fourth-order valence-electron chi connectivity index (χ4n) is 2.92. The second-order valence-electron chi connectivity index (χ2n) is 7.01. The van der Waals surface area contributed by atoms with E-state index in [2.05, 4.69) is 41.6 Å². The van der Waals surface area contributed by atoms with Gasteiger partial charge in [-0.3, -0.25) is 4.79 Å². The van der Waals surface area contributed by atoms with E-state index >= 15 is 0 Å². The average Bonchev–Trinajstić information content (AvgIpc) is 2.76. The van der Waals surface area contributed by atoms with E-state index in [1.165, 1.54) is 12.1 Å². The first-order valence-electron chi connectivity index (χ1n) is 9.99. The number of benzene rings is 2. The monoisotopic (exact) mass is 647 g/mol. The van der Waals surface area contributed by atoms with Crippen molar-refractivity contribution in [3.05, 3.63) is 66.6 Å². The van der Waals surface area contributed by atoms with Gasteiger partial charge in [-0.1, -0.05) is 45.7 Å². The zero-order valence-corrected chi connectivity index (χ0v) is 22.2. The molecule has 6 nitrogen and oxygen atoms in total. The molecule has 0 aromatic heterocycles. The Morgan fingerprint density at radius 1 is 0.833 bits per heavy atom. The number of hydrogen-bond acceptors (Lipinski definition) is 3. The molecule has 0 aliphatic carbocycles. The Labute approximate surface area is 219 Å². The normalized spacial score (nSPS) is 11.3. The molecule has 0 heterocycles. The number of amides is 1. The lowest BCUT2D eigenvalue weighted by atomic mass is 10.0. The number of methoxy groups -OCH3 is 1. The van der Waals surface area contributed by atoms with Gasteiger partial charge in [0, 0.05) is 14.5 Å². The van der Waals surface area contributed by atoms with Crippen molar-refractivity contribution < 1.29 is 40.7 Å². The Hall–Kier alpha value is -2.61. The van der Waals surface area contributed by atoms with Gasteiger partial charge in [-0.2, -0.15) is 31.3 Å². The van der Waals surface area contributed by atoms with Crippen LogP contribution in [0.1, 0.15) is 56.8 Å². The van der Waals surface area contributed by atoms with Crippen LogP contribution in [0.25, 0.3) is 0 Å². The molecule has 0 bridgehead atoms. The zero-order valence-electron chi connectivity index (χ0n) is 19.1. The van der Waals surface area contributed by atoms with Crippen LogP contribution in [0.15, 0.2) is 38.2 Å². The van der Waals surface area contributed by atoms with Gasteiger partial charge in [0.15, 0.2) is 5.96 Å². The summed E-state index contributed by atoms with van der Waals surface area (Å²) in [7, 11) is 1.14. The number of carbonyl (C=O) groups excluding carboxylic acids is 2. The van der Waals surface area contributed by atoms with E-state index < -0.39 is 41.3 Å². The first-order valence-corrected chi connectivity index (χ1v) is 11.6. The van der Waals surface area contributed by atoms with Crippen LogP contribution in [0.3, 0.4) is 0 Å². The number of esters is 1. The van der Waals surface area contributed by atoms with E-state index in [0.717, 1.165) is 19.2 Å². The quantitative estimate of drug-likeness (QED) is 0.176. The minimum Gasteiger partial charge on any atom is -0.465 e. The molecule has 0 aliphatic rings. The highest BCUT2D eigenvalue weighted by Crippen LogP contribution is 2.38. The summed E-state index contributed by atoms with van der Waals surface area (Å²) in [4.78, 5) is 26.3. The number of aliphatic imine (C=N–C) groups is 1. The molecule has 2 aromatic carbocycles. The first kappa shape index (κ1) is 31.4. The van der Waals surface area contributed by atoms with Crippen molar-refractivity contribution >= 4 is 49.7 Å². The zero-order chi connectivity index (χ0) is 28.0. The van der Waals surface area contributed by atoms with Crippen LogP contribution in [0.4, 0.5) is 26.3 Å². The van der Waals surface area contributed by atoms with Crippen LogP contribution in [-0.2, 0) is 29.9 Å². The molecule has 0 saturated carbocycles. The maximum Gasteiger partial charge on any atom is 0.417 e. The van der Waals surface area contributed by atoms with Crippen LogP contribution in [0, 0.1) is 0 Å². The maximum atomic E-state index is 12.8. The van der Waals surface area contributed by atoms with Crippen LogP contribution in [-0.4, -0.2) is 24.9 Å². The molecule has 14 heteroatoms. The summed E-state index contributed by atoms with van der Waals surface area (Å²) < 4.78 is 80.5.